The van der Waals surface area contributed by atoms with Gasteiger partial charge in [-0.3, -0.25) is 4.79 Å². The lowest BCUT2D eigenvalue weighted by molar-refractivity contribution is -0.139. The summed E-state index contributed by atoms with van der Waals surface area (Å²) < 4.78 is 0. The number of fused-ring (bicyclic) bond motifs is 1. The van der Waals surface area contributed by atoms with E-state index in [4.69, 9.17) is 16.7 Å². The normalized spacial score (nSPS) is 20.5. The molecule has 0 bridgehead atoms. The van der Waals surface area contributed by atoms with Crippen molar-refractivity contribution in [2.75, 3.05) is 5.75 Å². The minimum absolute atomic E-state index is 0.395. The van der Waals surface area contributed by atoms with Gasteiger partial charge in [0.05, 0.1) is 5.92 Å². The van der Waals surface area contributed by atoms with Crippen molar-refractivity contribution in [3.8, 4) is 0 Å². The van der Waals surface area contributed by atoms with E-state index in [1.54, 1.807) is 17.8 Å². The second-order valence-corrected chi connectivity index (χ2v) is 5.14. The maximum absolute atomic E-state index is 11.1. The quantitative estimate of drug-likeness (QED) is 0.820. The number of carbonyl (C=O) groups is 1. The summed E-state index contributed by atoms with van der Waals surface area (Å²) in [4.78, 5) is 12.2. The highest BCUT2D eigenvalue weighted by Gasteiger charge is 2.25. The van der Waals surface area contributed by atoms with Gasteiger partial charge in [-0.1, -0.05) is 11.6 Å². The third kappa shape index (κ3) is 2.29. The molecule has 0 saturated carbocycles. The summed E-state index contributed by atoms with van der Waals surface area (Å²) in [6, 6.07) is 5.52. The van der Waals surface area contributed by atoms with Gasteiger partial charge in [-0.2, -0.15) is 0 Å². The fourth-order valence-electron chi connectivity index (χ4n) is 1.80. The van der Waals surface area contributed by atoms with Crippen LogP contribution < -0.4 is 0 Å². The Labute approximate surface area is 97.6 Å². The van der Waals surface area contributed by atoms with Crippen LogP contribution >= 0.6 is 23.4 Å². The lowest BCUT2D eigenvalue weighted by Crippen LogP contribution is -2.11. The molecule has 1 atom stereocenters. The van der Waals surface area contributed by atoms with Gasteiger partial charge in [0.1, 0.15) is 0 Å². The largest absolute Gasteiger partial charge is 0.481 e. The third-order valence-electron chi connectivity index (χ3n) is 2.54. The fourth-order valence-corrected chi connectivity index (χ4v) is 3.05. The molecule has 0 amide bonds. The van der Waals surface area contributed by atoms with Crippen LogP contribution in [0, 0.1) is 0 Å². The van der Waals surface area contributed by atoms with Crippen LogP contribution in [-0.2, 0) is 4.79 Å². The van der Waals surface area contributed by atoms with E-state index in [0.717, 1.165) is 22.6 Å². The maximum atomic E-state index is 11.1. The first-order chi connectivity index (χ1) is 7.18. The lowest BCUT2D eigenvalue weighted by atomic mass is 9.95. The predicted molar refractivity (Wildman–Crippen MR) is 61.8 cm³/mol. The van der Waals surface area contributed by atoms with Gasteiger partial charge in [0.2, 0.25) is 0 Å². The molecule has 0 aliphatic carbocycles. The van der Waals surface area contributed by atoms with Crippen molar-refractivity contribution in [2.45, 2.75) is 23.7 Å². The number of hydrogen-bond donors (Lipinski definition) is 1. The average molecular weight is 243 g/mol. The smallest absolute Gasteiger partial charge is 0.311 e. The Morgan fingerprint density at radius 1 is 1.53 bits per heavy atom. The second-order valence-electron chi connectivity index (χ2n) is 3.56. The van der Waals surface area contributed by atoms with Gasteiger partial charge in [0.15, 0.2) is 0 Å². The van der Waals surface area contributed by atoms with Gasteiger partial charge in [0, 0.05) is 9.92 Å². The molecule has 0 saturated heterocycles. The molecule has 0 fully saturated rings. The first kappa shape index (κ1) is 10.8. The molecule has 0 spiro atoms. The Bertz CT molecular complexity index is 392. The Morgan fingerprint density at radius 3 is 3.07 bits per heavy atom. The predicted octanol–water partition coefficient (Wildman–Crippen LogP) is 3.39. The summed E-state index contributed by atoms with van der Waals surface area (Å²) in [6.45, 7) is 0. The number of hydrogen-bond acceptors (Lipinski definition) is 2. The van der Waals surface area contributed by atoms with E-state index in [1.165, 1.54) is 0 Å². The van der Waals surface area contributed by atoms with Crippen molar-refractivity contribution in [3.05, 3.63) is 28.8 Å². The van der Waals surface area contributed by atoms with E-state index >= 15 is 0 Å². The van der Waals surface area contributed by atoms with E-state index in [-0.39, 0.29) is 0 Å². The first-order valence-electron chi connectivity index (χ1n) is 4.83. The Morgan fingerprint density at radius 2 is 2.33 bits per heavy atom. The van der Waals surface area contributed by atoms with E-state index in [2.05, 4.69) is 0 Å². The number of aliphatic carboxylic acids is 1. The van der Waals surface area contributed by atoms with Gasteiger partial charge in [-0.05, 0) is 42.4 Å². The van der Waals surface area contributed by atoms with E-state index < -0.39 is 11.9 Å². The number of halogens is 1. The Balaban J connectivity index is 2.46. The minimum atomic E-state index is -0.749. The summed E-state index contributed by atoms with van der Waals surface area (Å²) in [7, 11) is 0. The zero-order valence-electron chi connectivity index (χ0n) is 8.07. The van der Waals surface area contributed by atoms with Crippen molar-refractivity contribution in [3.63, 3.8) is 0 Å². The molecular weight excluding hydrogens is 232 g/mol. The molecule has 1 aromatic carbocycles. The van der Waals surface area contributed by atoms with Crippen molar-refractivity contribution >= 4 is 29.3 Å². The molecule has 0 radical (unpaired) electrons. The first-order valence-corrected chi connectivity index (χ1v) is 6.20. The fraction of sp³-hybridized carbons (Fsp3) is 0.364. The van der Waals surface area contributed by atoms with Gasteiger partial charge in [0.25, 0.3) is 0 Å². The molecular formula is C11H11ClO2S. The maximum Gasteiger partial charge on any atom is 0.311 e. The van der Waals surface area contributed by atoms with Crippen LogP contribution in [0.2, 0.25) is 5.02 Å². The van der Waals surface area contributed by atoms with Crippen LogP contribution in [-0.4, -0.2) is 16.8 Å². The monoisotopic (exact) mass is 242 g/mol. The number of thioether (sulfide) groups is 1. The standard InChI is InChI=1S/C11H11ClO2S/c12-7-3-4-10-9(6-7)8(11(13)14)2-1-5-15-10/h3-4,6,8H,1-2,5H2,(H,13,14). The molecule has 4 heteroatoms. The Hall–Kier alpha value is -0.670. The minimum Gasteiger partial charge on any atom is -0.481 e. The van der Waals surface area contributed by atoms with Crippen molar-refractivity contribution in [1.82, 2.24) is 0 Å². The topological polar surface area (TPSA) is 37.3 Å². The molecule has 0 aromatic heterocycles. The third-order valence-corrected chi connectivity index (χ3v) is 3.95. The summed E-state index contributed by atoms with van der Waals surface area (Å²) in [5, 5.41) is 9.76. The summed E-state index contributed by atoms with van der Waals surface area (Å²) in [5.74, 6) is -0.159. The zero-order chi connectivity index (χ0) is 10.8. The van der Waals surface area contributed by atoms with Crippen molar-refractivity contribution in [2.24, 2.45) is 0 Å². The van der Waals surface area contributed by atoms with Crippen LogP contribution in [0.5, 0.6) is 0 Å². The van der Waals surface area contributed by atoms with Crippen LogP contribution in [0.1, 0.15) is 24.3 Å². The number of carboxylic acid groups (broad SMARTS) is 1. The Kier molecular flexibility index (Phi) is 3.22. The second kappa shape index (κ2) is 4.45. The molecule has 1 aromatic rings. The highest BCUT2D eigenvalue weighted by molar-refractivity contribution is 7.99. The number of benzene rings is 1. The molecule has 1 unspecified atom stereocenters. The molecule has 1 N–H and O–H groups in total. The van der Waals surface area contributed by atoms with E-state index in [1.807, 2.05) is 12.1 Å². The lowest BCUT2D eigenvalue weighted by Gasteiger charge is -2.12. The van der Waals surface area contributed by atoms with Crippen LogP contribution in [0.4, 0.5) is 0 Å². The summed E-state index contributed by atoms with van der Waals surface area (Å²) >= 11 is 7.62. The highest BCUT2D eigenvalue weighted by atomic mass is 35.5. The number of rotatable bonds is 1. The molecule has 80 valence electrons. The summed E-state index contributed by atoms with van der Waals surface area (Å²) in [6.07, 6.45) is 1.64. The molecule has 1 aliphatic rings. The van der Waals surface area contributed by atoms with Gasteiger partial charge in [-0.15, -0.1) is 11.8 Å². The zero-order valence-corrected chi connectivity index (χ0v) is 9.64. The van der Waals surface area contributed by atoms with Crippen LogP contribution in [0.15, 0.2) is 23.1 Å². The molecule has 2 rings (SSSR count). The van der Waals surface area contributed by atoms with E-state index in [9.17, 15) is 4.79 Å². The van der Waals surface area contributed by atoms with Gasteiger partial charge >= 0.3 is 5.97 Å². The van der Waals surface area contributed by atoms with Crippen LogP contribution in [0.25, 0.3) is 0 Å². The van der Waals surface area contributed by atoms with Crippen LogP contribution in [0.3, 0.4) is 0 Å². The van der Waals surface area contributed by atoms with Crippen molar-refractivity contribution in [1.29, 1.82) is 0 Å². The molecule has 1 aliphatic heterocycles. The highest BCUT2D eigenvalue weighted by Crippen LogP contribution is 2.37. The SMILES string of the molecule is O=C(O)C1CCCSc2ccc(Cl)cc21. The van der Waals surface area contributed by atoms with Gasteiger partial charge < -0.3 is 5.11 Å². The van der Waals surface area contributed by atoms with Crippen molar-refractivity contribution < 1.29 is 9.90 Å². The van der Waals surface area contributed by atoms with Gasteiger partial charge in [-0.25, -0.2) is 0 Å². The molecule has 1 heterocycles. The number of carboxylic acids is 1. The molecule has 2 nitrogen and oxygen atoms in total. The van der Waals surface area contributed by atoms with E-state index in [0.29, 0.717) is 11.4 Å². The summed E-state index contributed by atoms with van der Waals surface area (Å²) in [5.41, 5.74) is 0.873. The molecule has 15 heavy (non-hydrogen) atoms. The average Bonchev–Trinajstić information content (AvgIpc) is 2.39.